The van der Waals surface area contributed by atoms with E-state index in [2.05, 4.69) is 133 Å². The number of methoxy groups -OCH3 is 1. The van der Waals surface area contributed by atoms with Crippen molar-refractivity contribution in [2.24, 2.45) is 11.8 Å². The molecule has 0 aliphatic carbocycles. The number of ether oxygens (including phenoxy) is 9. The van der Waals surface area contributed by atoms with Gasteiger partial charge >= 0.3 is 48.2 Å². The molecule has 15 nitrogen and oxygen atoms in total. The van der Waals surface area contributed by atoms with Gasteiger partial charge in [0.1, 0.15) is 81.5 Å². The molecule has 18 rings (SSSR count). The van der Waals surface area contributed by atoms with Crippen LogP contribution in [0.3, 0.4) is 0 Å². The lowest BCUT2D eigenvalue weighted by atomic mass is 10.1. The standard InChI is InChI=1S/C19H25O3S.C19H24O2S.C18H21O2S.C17H17F3O2S.C17H20O2S.C16H14F3O2S.C16H17O2S/c1-20-10-11-21-12-13-22-18-8-9-19(23-14-4-5-15-23)17-7-3-2-6-16(17)18;1-4-5-8-13-22-18-12-11-17(21-19(20)14(2)3)15-9-6-7-10-16(15)18;1-13(2)18(19)20-16-9-10-17(21-11-5-6-12-21)15-8-4-3-7-14(15)16;1-2-3-6-11-23-15-10-9-14(22-16(21)17(18,19)20)12-7-4-5-8-13(12)15;1-3-4-7-12-20-17-11-10-16(19-13(2)18)14-8-5-6-9-15(14)17;17-16(18,19)15(20)21-13-7-8-14(22-9-3-4-10-22)12-6-2-1-5-11(12)13;1-12(17)18-15-8-9-16(19-10-4-5-11-19)14-7-3-2-6-13(14)15/h2-3,6-9H,4-5,10-15H2,1H3;6-7,9-12,14H,4-5,8,13H2,1-3H3;3-4,7-10,13H,5-6,11-12H2,1-2H3;4-5,7-10H,2-3,6,11H2,1H3;5-6,8-11H,3-4,7,12H2,1-2H3;1-2,5-8H,3-4,9-10H2;2-3,6-9H,4-5,10-11H2,1H3/q+1;;+1;;;2*+1/p+3. The summed E-state index contributed by atoms with van der Waals surface area (Å²) in [5.41, 5.74) is 0. The number of carbonyl (C=O) groups is 3. The Kier molecular flexibility index (Phi) is 47.9. The molecule has 150 heavy (non-hydrogen) atoms. The first-order chi connectivity index (χ1) is 72.6. The van der Waals surface area contributed by atoms with Gasteiger partial charge in [0.2, 0.25) is 0 Å². The van der Waals surface area contributed by atoms with E-state index in [-0.39, 0.29) is 58.1 Å². The van der Waals surface area contributed by atoms with Crippen LogP contribution in [0.4, 0.5) is 26.3 Å². The van der Waals surface area contributed by atoms with Crippen LogP contribution >= 0.6 is 35.3 Å². The van der Waals surface area contributed by atoms with Gasteiger partial charge in [-0.2, -0.15) is 26.3 Å². The summed E-state index contributed by atoms with van der Waals surface area (Å²) in [6, 6.07) is 83.0. The Morgan fingerprint density at radius 3 is 0.900 bits per heavy atom. The topological polar surface area (TPSA) is 198 Å². The van der Waals surface area contributed by atoms with Gasteiger partial charge in [0, 0.05) is 150 Å². The molecule has 0 atom stereocenters. The highest BCUT2D eigenvalue weighted by Crippen LogP contribution is 2.44. The maximum Gasteiger partial charge on any atom is 0.600 e. The van der Waals surface area contributed by atoms with Crippen LogP contribution in [0.15, 0.2) is 289 Å². The molecule has 28 heteroatoms. The number of hydrogen-bond donors (Lipinski definition) is 0. The molecule has 4 heterocycles. The minimum atomic E-state index is -4.99. The minimum absolute atomic E-state index is 0.00617. The van der Waals surface area contributed by atoms with E-state index in [0.717, 1.165) is 102 Å². The number of halogens is 6. The molecule has 0 bridgehead atoms. The lowest BCUT2D eigenvalue weighted by molar-refractivity contribution is -0.189. The maximum absolute atomic E-state index is 12.4. The Morgan fingerprint density at radius 1 is 0.313 bits per heavy atom. The van der Waals surface area contributed by atoms with Gasteiger partial charge in [-0.1, -0.05) is 201 Å². The predicted octanol–water partition coefficient (Wildman–Crippen LogP) is 31.7. The van der Waals surface area contributed by atoms with Crippen molar-refractivity contribution in [1.29, 1.82) is 0 Å². The van der Waals surface area contributed by atoms with E-state index in [9.17, 15) is 50.3 Å². The third-order valence-corrected chi connectivity index (χ3v) is 38.6. The largest absolute Gasteiger partial charge is 0.600 e. The maximum atomic E-state index is 12.4. The number of thioether (sulfide) groups is 3. The number of unbranched alkanes of at least 4 members (excludes halogenated alkanes) is 6. The number of fused-ring (bicyclic) bond motifs is 7. The number of esters is 6. The second-order valence-corrected chi connectivity index (χ2v) is 49.4. The normalized spacial score (nSPS) is 13.8. The Balaban J connectivity index is 0.000000155. The van der Waals surface area contributed by atoms with Gasteiger partial charge in [0.25, 0.3) is 17.2 Å². The van der Waals surface area contributed by atoms with E-state index in [1.165, 1.54) is 200 Å². The summed E-state index contributed by atoms with van der Waals surface area (Å²) in [5, 5.41) is 14.4. The van der Waals surface area contributed by atoms with Crippen molar-refractivity contribution >= 4 is 190 Å². The summed E-state index contributed by atoms with van der Waals surface area (Å²) in [4.78, 5) is 71.5. The zero-order valence-electron chi connectivity index (χ0n) is 87.4. The van der Waals surface area contributed by atoms with Crippen LogP contribution in [-0.4, -0.2) is 159 Å². The summed E-state index contributed by atoms with van der Waals surface area (Å²) < 4.78 is 122. The lowest BCUT2D eigenvalue weighted by Gasteiger charge is -2.12. The van der Waals surface area contributed by atoms with Crippen LogP contribution in [0.1, 0.15) is 171 Å². The highest BCUT2D eigenvalue weighted by atomic mass is 32.2. The Morgan fingerprint density at radius 2 is 0.593 bits per heavy atom. The molecule has 4 aliphatic heterocycles. The molecule has 0 aromatic heterocycles. The third-order valence-electron chi connectivity index (χ3n) is 25.0. The van der Waals surface area contributed by atoms with Crippen molar-refractivity contribution in [2.75, 3.05) is 96.8 Å². The van der Waals surface area contributed by atoms with Gasteiger partial charge in [-0.3, -0.25) is 23.8 Å². The van der Waals surface area contributed by atoms with Crippen molar-refractivity contribution in [1.82, 2.24) is 0 Å². The molecule has 0 saturated carbocycles. The van der Waals surface area contributed by atoms with Gasteiger partial charge in [0.15, 0.2) is 19.6 Å². The SMILES string of the molecule is CC(=O)Oc1ccc([S+]2CCCC2)c2ccccc12.CC(C)C(=O)Oc1ccc([S+]2CCCC2)c2ccccc12.CCCCCSc1ccc(OC(=[OH+])C(C)C)c2ccccc12.CCCCCSc1ccc(OC(=[OH+])C(F)(F)F)c2ccccc12.CCCCCSc1ccc(OC(C)=[OH+])c2ccccc12.COCCOCCOc1ccc([S+]2CCCC2)c2ccccc12.O=C(Oc1ccc([S+]2CCCC2)c2ccccc12)C(F)(F)F. The van der Waals surface area contributed by atoms with Gasteiger partial charge in [-0.05, 0) is 211 Å². The van der Waals surface area contributed by atoms with Crippen LogP contribution in [0.2, 0.25) is 0 Å². The van der Waals surface area contributed by atoms with Crippen molar-refractivity contribution in [2.45, 2.75) is 218 Å². The monoisotopic (exact) mass is 2180 g/mol. The molecule has 0 unspecified atom stereocenters. The highest BCUT2D eigenvalue weighted by molar-refractivity contribution is 8.00. The fraction of sp³-hybridized carbons (Fsp3) is 0.377. The molecule has 14 aromatic carbocycles. The lowest BCUT2D eigenvalue weighted by Crippen LogP contribution is -2.28. The molecule has 14 aromatic rings. The summed E-state index contributed by atoms with van der Waals surface area (Å²) in [7, 11) is 2.97. The van der Waals surface area contributed by atoms with Crippen LogP contribution in [0.25, 0.3) is 75.4 Å². The first-order valence-electron chi connectivity index (χ1n) is 51.9. The van der Waals surface area contributed by atoms with Gasteiger partial charge < -0.3 is 42.8 Å². The van der Waals surface area contributed by atoms with Crippen molar-refractivity contribution < 1.29 is 97.7 Å². The Bertz CT molecular complexity index is 6780. The fourth-order valence-corrected chi connectivity index (χ4v) is 30.6. The predicted molar refractivity (Wildman–Crippen MR) is 618 cm³/mol. The molecule has 3 N–H and O–H groups in total. The zero-order chi connectivity index (χ0) is 107. The van der Waals surface area contributed by atoms with Gasteiger partial charge in [-0.25, -0.2) is 4.79 Å². The van der Waals surface area contributed by atoms with Crippen LogP contribution in [0, 0.1) is 11.8 Å². The van der Waals surface area contributed by atoms with Crippen molar-refractivity contribution in [3.8, 4) is 40.2 Å². The zero-order valence-corrected chi connectivity index (χ0v) is 93.1. The average molecular weight is 2190 g/mol. The summed E-state index contributed by atoms with van der Waals surface area (Å²) in [5.74, 6) is 12.4. The van der Waals surface area contributed by atoms with E-state index < -0.39 is 24.3 Å². The molecular weight excluding hydrogens is 2040 g/mol. The first kappa shape index (κ1) is 118. The second-order valence-electron chi connectivity index (χ2n) is 37.0. The van der Waals surface area contributed by atoms with E-state index in [1.807, 2.05) is 154 Å². The molecule has 4 aliphatic rings. The highest BCUT2D eigenvalue weighted by Gasteiger charge is 2.50. The number of carbonyl (C=O) groups excluding carboxylic acids is 6. The van der Waals surface area contributed by atoms with Gasteiger partial charge in [-0.15, -0.1) is 35.3 Å². The number of alkyl halides is 6. The molecule has 796 valence electrons. The molecule has 4 saturated heterocycles. The average Bonchev–Trinajstić information content (AvgIpc) is 1.46. The molecule has 0 amide bonds. The van der Waals surface area contributed by atoms with Crippen molar-refractivity contribution in [3.63, 3.8) is 0 Å². The van der Waals surface area contributed by atoms with Crippen molar-refractivity contribution in [3.05, 3.63) is 255 Å². The minimum Gasteiger partial charge on any atom is -0.491 e. The summed E-state index contributed by atoms with van der Waals surface area (Å²) in [6.45, 7) is 19.5. The van der Waals surface area contributed by atoms with E-state index in [0.29, 0.717) is 87.1 Å². The van der Waals surface area contributed by atoms with E-state index in [4.69, 9.17) is 38.0 Å². The smallest absolute Gasteiger partial charge is 0.491 e. The summed E-state index contributed by atoms with van der Waals surface area (Å²) in [6.07, 6.45) is 11.5. The van der Waals surface area contributed by atoms with Crippen LogP contribution in [0.5, 0.6) is 40.2 Å². The van der Waals surface area contributed by atoms with Gasteiger partial charge in [0.05, 0.1) is 48.8 Å². The number of hydrogen-bond acceptors (Lipinski definition) is 15. The molecule has 4 fully saturated rings. The molecule has 0 spiro atoms. The Hall–Kier alpha value is -10.5. The molecule has 0 radical (unpaired) electrons. The fourth-order valence-electron chi connectivity index (χ4n) is 17.4. The van der Waals surface area contributed by atoms with E-state index >= 15 is 0 Å². The first-order valence-corrected chi connectivity index (χ1v) is 61.1. The summed E-state index contributed by atoms with van der Waals surface area (Å²) >= 11 is 5.47. The Labute approximate surface area is 902 Å². The number of benzene rings is 14. The van der Waals surface area contributed by atoms with Crippen LogP contribution in [-0.2, 0) is 67.4 Å². The molecular formula is C122H141F6O15S7+7. The quantitative estimate of drug-likeness (QED) is 0.00921. The number of rotatable bonds is 34. The van der Waals surface area contributed by atoms with E-state index in [1.54, 1.807) is 62.2 Å². The second kappa shape index (κ2) is 60.8. The van der Waals surface area contributed by atoms with Crippen LogP contribution < -0.4 is 33.2 Å². The third kappa shape index (κ3) is 34.7.